The quantitative estimate of drug-likeness (QED) is 0.418. The zero-order chi connectivity index (χ0) is 23.4. The molecule has 4 rings (SSSR count). The molecule has 7 nitrogen and oxygen atoms in total. The molecule has 2 aliphatic heterocycles. The number of anilines is 1. The second-order valence-electron chi connectivity index (χ2n) is 7.79. The molecule has 33 heavy (non-hydrogen) atoms. The Balaban J connectivity index is 1.40. The summed E-state index contributed by atoms with van der Waals surface area (Å²) in [6, 6.07) is 6.38. The summed E-state index contributed by atoms with van der Waals surface area (Å²) in [7, 11) is 0. The molecule has 2 fully saturated rings. The first kappa shape index (κ1) is 23.4. The van der Waals surface area contributed by atoms with Crippen LogP contribution in [0.1, 0.15) is 18.4 Å². The first-order chi connectivity index (χ1) is 15.8. The Labute approximate surface area is 193 Å². The SMILES string of the molecule is O=C1CN(Cc2ccncc2OCCN2CCCC2)C(=O)N1c1ccc(SC(F)(F)F)cc1. The molecule has 2 aliphatic rings. The van der Waals surface area contributed by atoms with Gasteiger partial charge in [0.05, 0.1) is 18.4 Å². The van der Waals surface area contributed by atoms with Gasteiger partial charge < -0.3 is 9.64 Å². The number of benzene rings is 1. The largest absolute Gasteiger partial charge is 0.490 e. The summed E-state index contributed by atoms with van der Waals surface area (Å²) in [6.45, 7) is 3.47. The van der Waals surface area contributed by atoms with E-state index in [1.165, 1.54) is 42.0 Å². The number of alkyl halides is 3. The molecule has 0 saturated carbocycles. The highest BCUT2D eigenvalue weighted by atomic mass is 32.2. The average molecular weight is 481 g/mol. The molecule has 11 heteroatoms. The number of rotatable bonds is 8. The van der Waals surface area contributed by atoms with E-state index in [9.17, 15) is 22.8 Å². The van der Waals surface area contributed by atoms with Crippen LogP contribution >= 0.6 is 11.8 Å². The van der Waals surface area contributed by atoms with Gasteiger partial charge in [-0.05, 0) is 68.0 Å². The van der Waals surface area contributed by atoms with E-state index in [1.54, 1.807) is 18.5 Å². The standard InChI is InChI=1S/C22H23F3N4O3S/c23-22(24,25)33-18-5-3-17(4-6-18)29-20(30)15-28(21(29)31)14-16-7-8-26-13-19(16)32-12-11-27-9-1-2-10-27/h3-8,13H,1-2,9-12,14-15H2. The van der Waals surface area contributed by atoms with Crippen molar-refractivity contribution in [1.82, 2.24) is 14.8 Å². The summed E-state index contributed by atoms with van der Waals surface area (Å²) in [6.07, 6.45) is 5.59. The normalized spacial score (nSPS) is 17.3. The fraction of sp³-hybridized carbons (Fsp3) is 0.409. The molecule has 0 spiro atoms. The number of hydrogen-bond acceptors (Lipinski definition) is 6. The lowest BCUT2D eigenvalue weighted by atomic mass is 10.2. The lowest BCUT2D eigenvalue weighted by Crippen LogP contribution is -2.32. The number of likely N-dealkylation sites (tertiary alicyclic amines) is 1. The van der Waals surface area contributed by atoms with Crippen LogP contribution in [-0.2, 0) is 11.3 Å². The lowest BCUT2D eigenvalue weighted by Gasteiger charge is -2.20. The fourth-order valence-corrected chi connectivity index (χ4v) is 4.43. The molecule has 2 aromatic rings. The molecule has 0 unspecified atom stereocenters. The van der Waals surface area contributed by atoms with Crippen molar-refractivity contribution in [3.63, 3.8) is 0 Å². The van der Waals surface area contributed by atoms with Crippen LogP contribution in [0.3, 0.4) is 0 Å². The van der Waals surface area contributed by atoms with Gasteiger partial charge in [-0.25, -0.2) is 9.69 Å². The van der Waals surface area contributed by atoms with Crippen molar-refractivity contribution in [2.24, 2.45) is 0 Å². The van der Waals surface area contributed by atoms with E-state index < -0.39 is 17.4 Å². The predicted molar refractivity (Wildman–Crippen MR) is 117 cm³/mol. The van der Waals surface area contributed by atoms with Gasteiger partial charge in [0.15, 0.2) is 0 Å². The minimum atomic E-state index is -4.41. The molecule has 0 bridgehead atoms. The number of carbonyl (C=O) groups is 2. The summed E-state index contributed by atoms with van der Waals surface area (Å²) in [4.78, 5) is 34.2. The molecule has 0 atom stereocenters. The van der Waals surface area contributed by atoms with Gasteiger partial charge in [0, 0.05) is 23.2 Å². The van der Waals surface area contributed by atoms with E-state index in [4.69, 9.17) is 4.74 Å². The van der Waals surface area contributed by atoms with E-state index in [2.05, 4.69) is 9.88 Å². The van der Waals surface area contributed by atoms with Gasteiger partial charge >= 0.3 is 11.5 Å². The first-order valence-corrected chi connectivity index (χ1v) is 11.4. The van der Waals surface area contributed by atoms with Crippen LogP contribution in [0.4, 0.5) is 23.7 Å². The van der Waals surface area contributed by atoms with Gasteiger partial charge in [0.1, 0.15) is 18.9 Å². The smallest absolute Gasteiger partial charge is 0.446 e. The van der Waals surface area contributed by atoms with Crippen LogP contribution in [0.2, 0.25) is 0 Å². The van der Waals surface area contributed by atoms with Gasteiger partial charge in [-0.1, -0.05) is 0 Å². The van der Waals surface area contributed by atoms with Crippen molar-refractivity contribution in [2.45, 2.75) is 29.8 Å². The third-order valence-electron chi connectivity index (χ3n) is 5.46. The van der Waals surface area contributed by atoms with Crippen molar-refractivity contribution in [3.05, 3.63) is 48.3 Å². The molecule has 176 valence electrons. The number of amides is 3. The summed E-state index contributed by atoms with van der Waals surface area (Å²) >= 11 is -0.250. The second-order valence-corrected chi connectivity index (χ2v) is 8.93. The molecule has 0 radical (unpaired) electrons. The Hall–Kier alpha value is -2.79. The number of imide groups is 1. The highest BCUT2D eigenvalue weighted by Crippen LogP contribution is 2.37. The minimum absolute atomic E-state index is 0.0188. The molecular weight excluding hydrogens is 457 g/mol. The third kappa shape index (κ3) is 5.97. The maximum absolute atomic E-state index is 12.9. The van der Waals surface area contributed by atoms with E-state index in [0.717, 1.165) is 30.1 Å². The van der Waals surface area contributed by atoms with Gasteiger partial charge in [0.25, 0.3) is 5.91 Å². The monoisotopic (exact) mass is 480 g/mol. The Kier molecular flexibility index (Phi) is 7.08. The van der Waals surface area contributed by atoms with E-state index in [1.807, 2.05) is 0 Å². The Morgan fingerprint density at radius 3 is 2.48 bits per heavy atom. The third-order valence-corrected chi connectivity index (χ3v) is 6.20. The van der Waals surface area contributed by atoms with Crippen LogP contribution in [-0.4, -0.2) is 65.0 Å². The molecule has 0 aliphatic carbocycles. The minimum Gasteiger partial charge on any atom is -0.490 e. The molecule has 0 N–H and O–H groups in total. The van der Waals surface area contributed by atoms with Crippen molar-refractivity contribution in [1.29, 1.82) is 0 Å². The van der Waals surface area contributed by atoms with Crippen LogP contribution in [0, 0.1) is 0 Å². The Morgan fingerprint density at radius 1 is 1.06 bits per heavy atom. The van der Waals surface area contributed by atoms with Crippen LogP contribution in [0.25, 0.3) is 0 Å². The van der Waals surface area contributed by atoms with Gasteiger partial charge in [0.2, 0.25) is 0 Å². The van der Waals surface area contributed by atoms with Crippen molar-refractivity contribution < 1.29 is 27.5 Å². The number of nitrogens with zero attached hydrogens (tertiary/aromatic N) is 4. The maximum atomic E-state index is 12.9. The number of hydrogen-bond donors (Lipinski definition) is 0. The van der Waals surface area contributed by atoms with Crippen LogP contribution < -0.4 is 9.64 Å². The van der Waals surface area contributed by atoms with E-state index in [-0.39, 0.29) is 35.4 Å². The number of ether oxygens (including phenoxy) is 1. The van der Waals surface area contributed by atoms with Gasteiger partial charge in [-0.3, -0.25) is 14.7 Å². The zero-order valence-corrected chi connectivity index (χ0v) is 18.6. The Morgan fingerprint density at radius 2 is 1.79 bits per heavy atom. The number of aromatic nitrogens is 1. The number of halogens is 3. The number of pyridine rings is 1. The lowest BCUT2D eigenvalue weighted by molar-refractivity contribution is -0.116. The maximum Gasteiger partial charge on any atom is 0.446 e. The number of thioether (sulfide) groups is 1. The van der Waals surface area contributed by atoms with Crippen molar-refractivity contribution in [3.8, 4) is 5.75 Å². The molecule has 3 heterocycles. The molecule has 2 saturated heterocycles. The summed E-state index contributed by atoms with van der Waals surface area (Å²) < 4.78 is 43.5. The van der Waals surface area contributed by atoms with Crippen molar-refractivity contribution >= 4 is 29.4 Å². The summed E-state index contributed by atoms with van der Waals surface area (Å²) in [5.74, 6) is 0.116. The van der Waals surface area contributed by atoms with E-state index >= 15 is 0 Å². The number of carbonyl (C=O) groups excluding carboxylic acids is 2. The van der Waals surface area contributed by atoms with Gasteiger partial charge in [-0.15, -0.1) is 0 Å². The van der Waals surface area contributed by atoms with Crippen LogP contribution in [0.15, 0.2) is 47.6 Å². The van der Waals surface area contributed by atoms with E-state index in [0.29, 0.717) is 12.4 Å². The molecule has 1 aromatic heterocycles. The molecule has 1 aromatic carbocycles. The molecule has 3 amide bonds. The second kappa shape index (κ2) is 10.0. The van der Waals surface area contributed by atoms with Crippen molar-refractivity contribution in [2.75, 3.05) is 37.7 Å². The average Bonchev–Trinajstić information content (AvgIpc) is 3.37. The highest BCUT2D eigenvalue weighted by molar-refractivity contribution is 8.00. The first-order valence-electron chi connectivity index (χ1n) is 10.6. The van der Waals surface area contributed by atoms with Crippen LogP contribution in [0.5, 0.6) is 5.75 Å². The fourth-order valence-electron chi connectivity index (χ4n) is 3.89. The summed E-state index contributed by atoms with van der Waals surface area (Å²) in [5, 5.41) is 0. The summed E-state index contributed by atoms with van der Waals surface area (Å²) in [5.41, 5.74) is -3.45. The zero-order valence-electron chi connectivity index (χ0n) is 17.8. The molecular formula is C22H23F3N4O3S. The van der Waals surface area contributed by atoms with Gasteiger partial charge in [-0.2, -0.15) is 13.2 Å². The number of urea groups is 1. The Bertz CT molecular complexity index is 997. The highest BCUT2D eigenvalue weighted by Gasteiger charge is 2.37. The topological polar surface area (TPSA) is 66.0 Å². The predicted octanol–water partition coefficient (Wildman–Crippen LogP) is 4.14.